The molecule has 172 valence electrons. The lowest BCUT2D eigenvalue weighted by molar-refractivity contribution is 0.301. The van der Waals surface area contributed by atoms with Crippen LogP contribution in [0.1, 0.15) is 56.3 Å². The second kappa shape index (κ2) is 9.17. The van der Waals surface area contributed by atoms with Gasteiger partial charge in [-0.25, -0.2) is 14.5 Å². The van der Waals surface area contributed by atoms with E-state index >= 15 is 0 Å². The lowest BCUT2D eigenvalue weighted by Crippen LogP contribution is -2.11. The quantitative estimate of drug-likeness (QED) is 0.413. The molecule has 0 spiro atoms. The van der Waals surface area contributed by atoms with Crippen LogP contribution in [0.25, 0.3) is 17.0 Å². The minimum absolute atomic E-state index is 0.0808. The largest absolute Gasteiger partial charge is 0.491 e. The van der Waals surface area contributed by atoms with E-state index in [1.807, 2.05) is 32.0 Å². The van der Waals surface area contributed by atoms with Gasteiger partial charge >= 0.3 is 0 Å². The van der Waals surface area contributed by atoms with Crippen LogP contribution in [0.4, 0.5) is 0 Å². The zero-order valence-corrected chi connectivity index (χ0v) is 20.0. The van der Waals surface area contributed by atoms with Crippen molar-refractivity contribution in [2.24, 2.45) is 0 Å². The summed E-state index contributed by atoms with van der Waals surface area (Å²) in [6, 6.07) is 11.8. The fraction of sp³-hybridized carbons (Fsp3) is 0.385. The first-order chi connectivity index (χ1) is 15.7. The number of hydrogen-bond donors (Lipinski definition) is 1. The molecule has 33 heavy (non-hydrogen) atoms. The molecule has 7 heteroatoms. The molecule has 7 nitrogen and oxygen atoms in total. The number of ether oxygens (including phenoxy) is 1. The van der Waals surface area contributed by atoms with E-state index in [9.17, 15) is 4.79 Å². The lowest BCUT2D eigenvalue weighted by atomic mass is 9.87. The van der Waals surface area contributed by atoms with E-state index in [2.05, 4.69) is 48.0 Å². The lowest BCUT2D eigenvalue weighted by Gasteiger charge is -2.19. The summed E-state index contributed by atoms with van der Waals surface area (Å²) in [4.78, 5) is 25.7. The average molecular weight is 446 g/mol. The average Bonchev–Trinajstić information content (AvgIpc) is 3.15. The van der Waals surface area contributed by atoms with Gasteiger partial charge in [-0.05, 0) is 49.3 Å². The maximum absolute atomic E-state index is 12.0. The highest BCUT2D eigenvalue weighted by atomic mass is 16.5. The van der Waals surface area contributed by atoms with Crippen LogP contribution in [0.15, 0.2) is 47.4 Å². The predicted octanol–water partition coefficient (Wildman–Crippen LogP) is 4.80. The number of benzene rings is 1. The van der Waals surface area contributed by atoms with Gasteiger partial charge in [-0.3, -0.25) is 14.9 Å². The molecule has 0 radical (unpaired) electrons. The Hall–Kier alpha value is -3.48. The van der Waals surface area contributed by atoms with Crippen molar-refractivity contribution in [1.82, 2.24) is 24.6 Å². The molecule has 4 aromatic rings. The van der Waals surface area contributed by atoms with Crippen molar-refractivity contribution in [3.63, 3.8) is 0 Å². The third-order valence-corrected chi connectivity index (χ3v) is 5.75. The highest BCUT2D eigenvalue weighted by Crippen LogP contribution is 2.25. The molecule has 0 saturated heterocycles. The van der Waals surface area contributed by atoms with E-state index in [1.54, 1.807) is 10.7 Å². The summed E-state index contributed by atoms with van der Waals surface area (Å²) in [6.45, 7) is 11.2. The maximum atomic E-state index is 12.0. The zero-order valence-electron chi connectivity index (χ0n) is 20.0. The molecule has 1 aromatic carbocycles. The number of hydrogen-bond acceptors (Lipinski definition) is 5. The number of fused-ring (bicyclic) bond motifs is 1. The number of rotatable bonds is 7. The number of nitrogens with one attached hydrogen (secondary N) is 1. The highest BCUT2D eigenvalue weighted by Gasteiger charge is 2.15. The summed E-state index contributed by atoms with van der Waals surface area (Å²) in [5.74, 6) is 2.27. The zero-order chi connectivity index (χ0) is 23.6. The third-order valence-electron chi connectivity index (χ3n) is 5.75. The number of aromatic nitrogens is 5. The molecular formula is C26H31N5O2. The van der Waals surface area contributed by atoms with Gasteiger partial charge in [-0.2, -0.15) is 0 Å². The van der Waals surface area contributed by atoms with Gasteiger partial charge in [0.2, 0.25) is 0 Å². The van der Waals surface area contributed by atoms with Crippen LogP contribution in [0.2, 0.25) is 0 Å². The summed E-state index contributed by atoms with van der Waals surface area (Å²) < 4.78 is 7.66. The topological polar surface area (TPSA) is 85.2 Å². The fourth-order valence-corrected chi connectivity index (χ4v) is 3.84. The minimum Gasteiger partial charge on any atom is -0.491 e. The van der Waals surface area contributed by atoms with Crippen molar-refractivity contribution in [2.75, 3.05) is 6.61 Å². The standard InChI is InChI=1S/C26H31N5O2/c1-17-13-14-27-18(2)24(17)33-15-7-6-8-21-28-25(29-22-16-23(32)30-31(21)22)19-9-11-20(12-10-19)26(3,4)5/h9-14,16H,6-8,15H2,1-5H3,(H,30,32). The molecule has 0 amide bonds. The summed E-state index contributed by atoms with van der Waals surface area (Å²) in [6.07, 6.45) is 4.22. The van der Waals surface area contributed by atoms with Crippen molar-refractivity contribution in [1.29, 1.82) is 0 Å². The smallest absolute Gasteiger partial charge is 0.266 e. The predicted molar refractivity (Wildman–Crippen MR) is 130 cm³/mol. The van der Waals surface area contributed by atoms with Gasteiger partial charge in [0, 0.05) is 24.2 Å². The molecule has 4 rings (SSSR count). The Balaban J connectivity index is 1.49. The second-order valence-corrected chi connectivity index (χ2v) is 9.45. The Morgan fingerprint density at radius 3 is 2.48 bits per heavy atom. The molecule has 0 atom stereocenters. The highest BCUT2D eigenvalue weighted by molar-refractivity contribution is 5.58. The van der Waals surface area contributed by atoms with Crippen LogP contribution >= 0.6 is 0 Å². The van der Waals surface area contributed by atoms with Crippen molar-refractivity contribution >= 4 is 5.65 Å². The van der Waals surface area contributed by atoms with E-state index in [1.165, 1.54) is 11.6 Å². The number of pyridine rings is 1. The first-order valence-electron chi connectivity index (χ1n) is 11.4. The Bertz CT molecular complexity index is 1290. The second-order valence-electron chi connectivity index (χ2n) is 9.45. The van der Waals surface area contributed by atoms with Gasteiger partial charge in [-0.15, -0.1) is 0 Å². The third kappa shape index (κ3) is 5.13. The Morgan fingerprint density at radius 1 is 1.03 bits per heavy atom. The first kappa shape index (κ1) is 22.7. The Morgan fingerprint density at radius 2 is 1.79 bits per heavy atom. The van der Waals surface area contributed by atoms with E-state index < -0.39 is 0 Å². The minimum atomic E-state index is -0.184. The summed E-state index contributed by atoms with van der Waals surface area (Å²) in [7, 11) is 0. The summed E-state index contributed by atoms with van der Waals surface area (Å²) in [5, 5.41) is 2.81. The fourth-order valence-electron chi connectivity index (χ4n) is 3.84. The molecule has 0 aliphatic rings. The van der Waals surface area contributed by atoms with Gasteiger partial charge in [0.1, 0.15) is 11.6 Å². The van der Waals surface area contributed by atoms with Gasteiger partial charge in [0.25, 0.3) is 5.56 Å². The van der Waals surface area contributed by atoms with E-state index in [0.717, 1.165) is 41.2 Å². The number of H-pyrrole nitrogens is 1. The van der Waals surface area contributed by atoms with Crippen LogP contribution < -0.4 is 10.3 Å². The van der Waals surface area contributed by atoms with Crippen molar-refractivity contribution in [2.45, 2.75) is 59.3 Å². The van der Waals surface area contributed by atoms with Crippen LogP contribution in [-0.4, -0.2) is 31.2 Å². The van der Waals surface area contributed by atoms with E-state index in [0.29, 0.717) is 24.5 Å². The van der Waals surface area contributed by atoms with Crippen molar-refractivity contribution < 1.29 is 4.74 Å². The number of aryl methyl sites for hydroxylation is 3. The molecule has 0 bridgehead atoms. The van der Waals surface area contributed by atoms with Crippen LogP contribution in [-0.2, 0) is 11.8 Å². The number of unbranched alkanes of at least 4 members (excludes halogenated alkanes) is 1. The van der Waals surface area contributed by atoms with Crippen LogP contribution in [0, 0.1) is 13.8 Å². The van der Waals surface area contributed by atoms with Crippen molar-refractivity contribution in [3.05, 3.63) is 75.6 Å². The Labute approximate surface area is 193 Å². The molecule has 0 aliphatic carbocycles. The van der Waals surface area contributed by atoms with Gasteiger partial charge in [-0.1, -0.05) is 45.0 Å². The molecule has 1 N–H and O–H groups in total. The summed E-state index contributed by atoms with van der Waals surface area (Å²) >= 11 is 0. The molecule has 0 unspecified atom stereocenters. The Kier molecular flexibility index (Phi) is 6.31. The SMILES string of the molecule is Cc1ccnc(C)c1OCCCCc1nc(-c2ccc(C(C)(C)C)cc2)nc2cc(=O)[nH]n12. The van der Waals surface area contributed by atoms with Gasteiger partial charge in [0.05, 0.1) is 12.3 Å². The molecule has 3 heterocycles. The molecule has 0 aliphatic heterocycles. The normalized spacial score (nSPS) is 11.8. The van der Waals surface area contributed by atoms with Crippen molar-refractivity contribution in [3.8, 4) is 17.1 Å². The molecule has 3 aromatic heterocycles. The maximum Gasteiger partial charge on any atom is 0.266 e. The van der Waals surface area contributed by atoms with Crippen LogP contribution in [0.3, 0.4) is 0 Å². The summed E-state index contributed by atoms with van der Waals surface area (Å²) in [5.41, 5.74) is 4.66. The molecular weight excluding hydrogens is 414 g/mol. The number of aromatic amines is 1. The van der Waals surface area contributed by atoms with Crippen LogP contribution in [0.5, 0.6) is 5.75 Å². The number of nitrogens with zero attached hydrogens (tertiary/aromatic N) is 4. The van der Waals surface area contributed by atoms with Gasteiger partial charge in [0.15, 0.2) is 11.5 Å². The van der Waals surface area contributed by atoms with E-state index in [-0.39, 0.29) is 11.0 Å². The van der Waals surface area contributed by atoms with E-state index in [4.69, 9.17) is 9.72 Å². The monoisotopic (exact) mass is 445 g/mol. The first-order valence-corrected chi connectivity index (χ1v) is 11.4. The molecule has 0 fully saturated rings. The van der Waals surface area contributed by atoms with Gasteiger partial charge < -0.3 is 4.74 Å². The molecule has 0 saturated carbocycles.